The Hall–Kier alpha value is -3.11. The van der Waals surface area contributed by atoms with Gasteiger partial charge in [0, 0.05) is 41.6 Å². The molecule has 1 aromatic carbocycles. The summed E-state index contributed by atoms with van der Waals surface area (Å²) in [5, 5.41) is 13.3. The van der Waals surface area contributed by atoms with Crippen molar-refractivity contribution in [2.75, 3.05) is 58.2 Å². The van der Waals surface area contributed by atoms with Gasteiger partial charge >= 0.3 is 5.97 Å². The van der Waals surface area contributed by atoms with Crippen molar-refractivity contribution in [3.63, 3.8) is 0 Å². The molecule has 250 valence electrons. The third-order valence-electron chi connectivity index (χ3n) is 7.77. The van der Waals surface area contributed by atoms with E-state index >= 15 is 0 Å². The van der Waals surface area contributed by atoms with Crippen LogP contribution in [0.3, 0.4) is 0 Å². The summed E-state index contributed by atoms with van der Waals surface area (Å²) in [6.07, 6.45) is 11.1. The lowest BCUT2D eigenvalue weighted by Gasteiger charge is -2.26. The van der Waals surface area contributed by atoms with Gasteiger partial charge < -0.3 is 30.7 Å². The lowest BCUT2D eigenvalue weighted by molar-refractivity contribution is -0.138. The molecule has 2 saturated heterocycles. The van der Waals surface area contributed by atoms with Crippen molar-refractivity contribution in [3.8, 4) is 11.3 Å². The molecule has 0 radical (unpaired) electrons. The first-order valence-electron chi connectivity index (χ1n) is 17.0. The second kappa shape index (κ2) is 22.4. The van der Waals surface area contributed by atoms with Gasteiger partial charge in [0.25, 0.3) is 0 Å². The molecule has 9 nitrogen and oxygen atoms in total. The van der Waals surface area contributed by atoms with Crippen LogP contribution in [-0.4, -0.2) is 89.8 Å². The van der Waals surface area contributed by atoms with Crippen LogP contribution in [0.5, 0.6) is 0 Å². The molecule has 3 aromatic rings. The zero-order chi connectivity index (χ0) is 32.9. The van der Waals surface area contributed by atoms with Gasteiger partial charge in [-0.25, -0.2) is 4.98 Å². The molecule has 4 N–H and O–H groups in total. The van der Waals surface area contributed by atoms with Gasteiger partial charge in [0.2, 0.25) is 0 Å². The number of ether oxygens (including phenoxy) is 1. The van der Waals surface area contributed by atoms with Crippen LogP contribution in [0, 0.1) is 0 Å². The molecule has 2 aliphatic heterocycles. The first-order valence-corrected chi connectivity index (χ1v) is 17.0. The number of pyridine rings is 2. The van der Waals surface area contributed by atoms with E-state index in [0.29, 0.717) is 12.6 Å². The standard InChI is InChI=1S/C26H32N4O3.C6H14N2.2C2H6/c31-26(32)10-16-33-19-20-5-7-21(8-6-20)24-17-25(22-18-27-12-9-23(22)29-24)28-11-4-15-30-13-2-1-3-14-30;1-8-4-2-6(7)3-5-8;2*1-2/h5-9,12,17-18H,1-4,10-11,13-16,19H2,(H,28,29)(H,31,32);6H,2-5,7H2,1H3;2*1-2H3. The highest BCUT2D eigenvalue weighted by molar-refractivity contribution is 5.93. The number of likely N-dealkylation sites (tertiary alicyclic amines) is 2. The second-order valence-electron chi connectivity index (χ2n) is 11.2. The largest absolute Gasteiger partial charge is 0.481 e. The Balaban J connectivity index is 0.000000500. The van der Waals surface area contributed by atoms with Crippen molar-refractivity contribution in [3.05, 3.63) is 54.4 Å². The van der Waals surface area contributed by atoms with Crippen LogP contribution in [0.1, 0.15) is 78.2 Å². The van der Waals surface area contributed by atoms with E-state index in [1.807, 2.05) is 64.2 Å². The zero-order valence-corrected chi connectivity index (χ0v) is 28.4. The number of carboxylic acids is 1. The number of carboxylic acid groups (broad SMARTS) is 1. The number of nitrogens with one attached hydrogen (secondary N) is 1. The number of rotatable bonds is 11. The Morgan fingerprint density at radius 3 is 2.36 bits per heavy atom. The number of nitrogens with zero attached hydrogens (tertiary/aromatic N) is 4. The van der Waals surface area contributed by atoms with E-state index in [-0.39, 0.29) is 13.0 Å². The van der Waals surface area contributed by atoms with Gasteiger partial charge in [0.05, 0.1) is 30.8 Å². The van der Waals surface area contributed by atoms with Gasteiger partial charge in [0.15, 0.2) is 0 Å². The quantitative estimate of drug-likeness (QED) is 0.202. The van der Waals surface area contributed by atoms with Crippen LogP contribution < -0.4 is 11.1 Å². The van der Waals surface area contributed by atoms with E-state index in [1.165, 1.54) is 58.3 Å². The number of carbonyl (C=O) groups is 1. The summed E-state index contributed by atoms with van der Waals surface area (Å²) in [5.74, 6) is -0.848. The summed E-state index contributed by atoms with van der Waals surface area (Å²) in [6.45, 7) is 15.5. The van der Waals surface area contributed by atoms with Gasteiger partial charge in [-0.15, -0.1) is 0 Å². The zero-order valence-electron chi connectivity index (χ0n) is 28.4. The SMILES string of the molecule is CC.CC.CN1CCC(N)CC1.O=C(O)CCOCc1ccc(-c2cc(NCCCN3CCCCC3)c3cnccc3n2)cc1. The predicted molar refractivity (Wildman–Crippen MR) is 188 cm³/mol. The van der Waals surface area contributed by atoms with Crippen LogP contribution in [0.25, 0.3) is 22.2 Å². The molecule has 0 bridgehead atoms. The summed E-state index contributed by atoms with van der Waals surface area (Å²) in [4.78, 5) is 24.6. The molecule has 2 aromatic heterocycles. The van der Waals surface area contributed by atoms with Crippen molar-refractivity contribution >= 4 is 22.6 Å². The minimum absolute atomic E-state index is 0.0156. The number of anilines is 1. The number of benzene rings is 1. The number of aromatic nitrogens is 2. The van der Waals surface area contributed by atoms with Crippen LogP contribution in [0.2, 0.25) is 0 Å². The van der Waals surface area contributed by atoms with Crippen molar-refractivity contribution in [2.45, 2.75) is 85.3 Å². The maximum absolute atomic E-state index is 10.6. The van der Waals surface area contributed by atoms with E-state index in [1.54, 1.807) is 6.20 Å². The summed E-state index contributed by atoms with van der Waals surface area (Å²) < 4.78 is 5.43. The molecule has 9 heteroatoms. The molecule has 5 rings (SSSR count). The molecule has 2 fully saturated rings. The minimum atomic E-state index is -0.848. The van der Waals surface area contributed by atoms with Gasteiger partial charge in [0.1, 0.15) is 0 Å². The van der Waals surface area contributed by atoms with Crippen LogP contribution >= 0.6 is 0 Å². The number of aliphatic carboxylic acids is 1. The Morgan fingerprint density at radius 2 is 1.71 bits per heavy atom. The fourth-order valence-electron chi connectivity index (χ4n) is 5.22. The maximum Gasteiger partial charge on any atom is 0.305 e. The number of fused-ring (bicyclic) bond motifs is 1. The molecule has 0 atom stereocenters. The summed E-state index contributed by atoms with van der Waals surface area (Å²) in [6, 6.07) is 12.6. The molecular formula is C36H58N6O3. The highest BCUT2D eigenvalue weighted by Crippen LogP contribution is 2.28. The molecular weight excluding hydrogens is 564 g/mol. The monoisotopic (exact) mass is 622 g/mol. The van der Waals surface area contributed by atoms with Crippen LogP contribution in [-0.2, 0) is 16.1 Å². The highest BCUT2D eigenvalue weighted by Gasteiger charge is 2.12. The normalized spacial score (nSPS) is 15.5. The van der Waals surface area contributed by atoms with E-state index in [9.17, 15) is 4.79 Å². The van der Waals surface area contributed by atoms with Crippen molar-refractivity contribution in [1.82, 2.24) is 19.8 Å². The van der Waals surface area contributed by atoms with Gasteiger partial charge in [-0.05, 0) is 89.6 Å². The van der Waals surface area contributed by atoms with Crippen LogP contribution in [0.15, 0.2) is 48.8 Å². The first kappa shape index (κ1) is 38.1. The van der Waals surface area contributed by atoms with E-state index in [4.69, 9.17) is 20.6 Å². The summed E-state index contributed by atoms with van der Waals surface area (Å²) >= 11 is 0. The number of nitrogens with two attached hydrogens (primary N) is 1. The maximum atomic E-state index is 10.6. The summed E-state index contributed by atoms with van der Waals surface area (Å²) in [5.41, 5.74) is 10.6. The molecule has 0 unspecified atom stereocenters. The van der Waals surface area contributed by atoms with Crippen molar-refractivity contribution < 1.29 is 14.6 Å². The summed E-state index contributed by atoms with van der Waals surface area (Å²) in [7, 11) is 2.14. The van der Waals surface area contributed by atoms with Crippen molar-refractivity contribution in [1.29, 1.82) is 0 Å². The second-order valence-corrected chi connectivity index (χ2v) is 11.2. The fraction of sp³-hybridized carbons (Fsp3) is 0.583. The number of hydrogen-bond acceptors (Lipinski definition) is 8. The fourth-order valence-corrected chi connectivity index (χ4v) is 5.22. The Bertz CT molecular complexity index is 1200. The topological polar surface area (TPSA) is 117 Å². The Morgan fingerprint density at radius 1 is 1.02 bits per heavy atom. The molecule has 0 aliphatic carbocycles. The van der Waals surface area contributed by atoms with E-state index in [0.717, 1.165) is 52.9 Å². The Kier molecular flexibility index (Phi) is 19.0. The molecule has 45 heavy (non-hydrogen) atoms. The molecule has 4 heterocycles. The third kappa shape index (κ3) is 14.2. The van der Waals surface area contributed by atoms with Gasteiger partial charge in [-0.2, -0.15) is 0 Å². The molecule has 0 spiro atoms. The lowest BCUT2D eigenvalue weighted by Crippen LogP contribution is -2.37. The van der Waals surface area contributed by atoms with Crippen molar-refractivity contribution in [2.24, 2.45) is 5.73 Å². The lowest BCUT2D eigenvalue weighted by atomic mass is 10.1. The van der Waals surface area contributed by atoms with Gasteiger partial charge in [-0.3, -0.25) is 9.78 Å². The average Bonchev–Trinajstić information content (AvgIpc) is 3.09. The minimum Gasteiger partial charge on any atom is -0.481 e. The average molecular weight is 623 g/mol. The molecule has 0 amide bonds. The van der Waals surface area contributed by atoms with E-state index < -0.39 is 5.97 Å². The molecule has 0 saturated carbocycles. The first-order chi connectivity index (χ1) is 22.0. The number of hydrogen-bond donors (Lipinski definition) is 3. The highest BCUT2D eigenvalue weighted by atomic mass is 16.5. The number of piperidine rings is 2. The van der Waals surface area contributed by atoms with E-state index in [2.05, 4.69) is 33.2 Å². The Labute approximate surface area is 271 Å². The molecule has 2 aliphatic rings. The van der Waals surface area contributed by atoms with Gasteiger partial charge in [-0.1, -0.05) is 58.4 Å². The smallest absolute Gasteiger partial charge is 0.305 e. The predicted octanol–water partition coefficient (Wildman–Crippen LogP) is 6.67. The third-order valence-corrected chi connectivity index (χ3v) is 7.77. The van der Waals surface area contributed by atoms with Crippen LogP contribution in [0.4, 0.5) is 5.69 Å².